The van der Waals surface area contributed by atoms with Gasteiger partial charge in [-0.05, 0) is 37.0 Å². The van der Waals surface area contributed by atoms with Crippen LogP contribution in [0.5, 0.6) is 0 Å². The van der Waals surface area contributed by atoms with E-state index in [4.69, 9.17) is 4.42 Å². The molecule has 118 valence electrons. The largest absolute Gasteiger partial charge is 0.444 e. The average Bonchev–Trinajstić information content (AvgIpc) is 2.96. The minimum absolute atomic E-state index is 0.321. The Kier molecular flexibility index (Phi) is 5.03. The van der Waals surface area contributed by atoms with Crippen molar-refractivity contribution in [3.8, 4) is 11.5 Å². The smallest absolute Gasteiger partial charge is 0.226 e. The first-order chi connectivity index (χ1) is 10.7. The minimum atomic E-state index is -0.913. The van der Waals surface area contributed by atoms with Crippen molar-refractivity contribution in [3.63, 3.8) is 0 Å². The third-order valence-corrected chi connectivity index (χ3v) is 5.54. The summed E-state index contributed by atoms with van der Waals surface area (Å²) in [6.07, 6.45) is 7.74. The molecule has 22 heavy (non-hydrogen) atoms. The van der Waals surface area contributed by atoms with Gasteiger partial charge < -0.3 is 4.42 Å². The van der Waals surface area contributed by atoms with Crippen LogP contribution in [0.25, 0.3) is 11.5 Å². The molecular formula is C17H20FNO2S. The Morgan fingerprint density at radius 2 is 2.09 bits per heavy atom. The van der Waals surface area contributed by atoms with Gasteiger partial charge in [0.15, 0.2) is 0 Å². The van der Waals surface area contributed by atoms with E-state index in [0.29, 0.717) is 28.8 Å². The van der Waals surface area contributed by atoms with E-state index in [-0.39, 0.29) is 5.82 Å². The predicted octanol–water partition coefficient (Wildman–Crippen LogP) is 4.31. The number of hydrogen-bond acceptors (Lipinski definition) is 3. The maximum atomic E-state index is 13.2. The van der Waals surface area contributed by atoms with E-state index in [9.17, 15) is 8.60 Å². The van der Waals surface area contributed by atoms with Crippen LogP contribution in [-0.2, 0) is 16.6 Å². The second-order valence-electron chi connectivity index (χ2n) is 5.91. The number of hydrogen-bond donors (Lipinski definition) is 0. The second-order valence-corrected chi connectivity index (χ2v) is 7.41. The van der Waals surface area contributed by atoms with Gasteiger partial charge in [-0.3, -0.25) is 4.21 Å². The van der Waals surface area contributed by atoms with Crippen LogP contribution in [0.3, 0.4) is 0 Å². The Balaban J connectivity index is 1.60. The quantitative estimate of drug-likeness (QED) is 0.824. The lowest BCUT2D eigenvalue weighted by atomic mass is 9.91. The molecule has 0 amide bonds. The van der Waals surface area contributed by atoms with E-state index >= 15 is 0 Å². The highest BCUT2D eigenvalue weighted by molar-refractivity contribution is 7.84. The lowest BCUT2D eigenvalue weighted by Crippen LogP contribution is -2.15. The van der Waals surface area contributed by atoms with Crippen molar-refractivity contribution in [1.82, 2.24) is 4.98 Å². The van der Waals surface area contributed by atoms with E-state index in [1.807, 2.05) is 0 Å². The molecule has 5 heteroatoms. The zero-order valence-electron chi connectivity index (χ0n) is 12.5. The Labute approximate surface area is 132 Å². The van der Waals surface area contributed by atoms with E-state index in [1.54, 1.807) is 12.1 Å². The van der Waals surface area contributed by atoms with Crippen molar-refractivity contribution in [2.24, 2.45) is 5.92 Å². The van der Waals surface area contributed by atoms with Gasteiger partial charge in [0.1, 0.15) is 12.1 Å². The monoisotopic (exact) mass is 321 g/mol. The summed E-state index contributed by atoms with van der Waals surface area (Å²) < 4.78 is 30.8. The molecule has 3 nitrogen and oxygen atoms in total. The fraction of sp³-hybridized carbons (Fsp3) is 0.471. The molecule has 1 saturated carbocycles. The van der Waals surface area contributed by atoms with Gasteiger partial charge >= 0.3 is 0 Å². The molecule has 0 N–H and O–H groups in total. The molecule has 1 aromatic heterocycles. The zero-order chi connectivity index (χ0) is 15.4. The summed E-state index contributed by atoms with van der Waals surface area (Å²) in [6.45, 7) is 0. The molecule has 1 atom stereocenters. The average molecular weight is 321 g/mol. The highest BCUT2D eigenvalue weighted by Gasteiger charge is 2.17. The van der Waals surface area contributed by atoms with Crippen molar-refractivity contribution < 1.29 is 13.0 Å². The van der Waals surface area contributed by atoms with E-state index < -0.39 is 10.8 Å². The molecular weight excluding hydrogens is 301 g/mol. The van der Waals surface area contributed by atoms with Crippen LogP contribution in [0.4, 0.5) is 4.39 Å². The molecule has 0 aliphatic heterocycles. The first kappa shape index (κ1) is 15.4. The molecule has 0 saturated heterocycles. The number of halogens is 1. The summed E-state index contributed by atoms with van der Waals surface area (Å²) in [5, 5.41) is 0. The summed E-state index contributed by atoms with van der Waals surface area (Å²) in [4.78, 5) is 4.33. The molecule has 0 radical (unpaired) electrons. The molecule has 1 heterocycles. The first-order valence-corrected chi connectivity index (χ1v) is 9.25. The lowest BCUT2D eigenvalue weighted by Gasteiger charge is -2.20. The van der Waals surface area contributed by atoms with Crippen LogP contribution >= 0.6 is 0 Å². The van der Waals surface area contributed by atoms with Crippen molar-refractivity contribution in [3.05, 3.63) is 42.0 Å². The maximum Gasteiger partial charge on any atom is 0.226 e. The minimum Gasteiger partial charge on any atom is -0.444 e. The number of benzene rings is 1. The van der Waals surface area contributed by atoms with Gasteiger partial charge in [0.05, 0.1) is 11.4 Å². The molecule has 1 fully saturated rings. The van der Waals surface area contributed by atoms with Crippen molar-refractivity contribution >= 4 is 10.8 Å². The molecule has 1 aliphatic carbocycles. The summed E-state index contributed by atoms with van der Waals surface area (Å²) in [5.74, 6) is 1.81. The third-order valence-electron chi connectivity index (χ3n) is 4.08. The molecule has 0 bridgehead atoms. The van der Waals surface area contributed by atoms with Crippen molar-refractivity contribution in [2.45, 2.75) is 37.9 Å². The van der Waals surface area contributed by atoms with Gasteiger partial charge in [0.25, 0.3) is 0 Å². The van der Waals surface area contributed by atoms with Crippen LogP contribution in [0.1, 0.15) is 37.8 Å². The van der Waals surface area contributed by atoms with Crippen molar-refractivity contribution in [1.29, 1.82) is 0 Å². The summed E-state index contributed by atoms with van der Waals surface area (Å²) in [7, 11) is -0.913. The van der Waals surface area contributed by atoms with E-state index in [0.717, 1.165) is 5.75 Å². The number of rotatable bonds is 5. The van der Waals surface area contributed by atoms with E-state index in [1.165, 1.54) is 50.5 Å². The maximum absolute atomic E-state index is 13.2. The van der Waals surface area contributed by atoms with Crippen LogP contribution in [0, 0.1) is 11.7 Å². The van der Waals surface area contributed by atoms with Gasteiger partial charge in [-0.25, -0.2) is 9.37 Å². The topological polar surface area (TPSA) is 43.1 Å². The van der Waals surface area contributed by atoms with Gasteiger partial charge in [-0.1, -0.05) is 25.3 Å². The van der Waals surface area contributed by atoms with Crippen LogP contribution in [0.2, 0.25) is 0 Å². The van der Waals surface area contributed by atoms with Gasteiger partial charge in [0, 0.05) is 22.1 Å². The molecule has 0 spiro atoms. The molecule has 3 rings (SSSR count). The Morgan fingerprint density at radius 3 is 2.86 bits per heavy atom. The Hall–Kier alpha value is -1.49. The summed E-state index contributed by atoms with van der Waals surface area (Å²) >= 11 is 0. The molecule has 0 unspecified atom stereocenters. The highest BCUT2D eigenvalue weighted by atomic mass is 32.2. The number of nitrogens with zero attached hydrogens (tertiary/aromatic N) is 1. The summed E-state index contributed by atoms with van der Waals surface area (Å²) in [6, 6.07) is 6.13. The van der Waals surface area contributed by atoms with Crippen molar-refractivity contribution in [2.75, 3.05) is 5.75 Å². The molecule has 2 aromatic rings. The number of aromatic nitrogens is 1. The van der Waals surface area contributed by atoms with Crippen LogP contribution in [-0.4, -0.2) is 14.9 Å². The van der Waals surface area contributed by atoms with Gasteiger partial charge in [0.2, 0.25) is 5.89 Å². The fourth-order valence-electron chi connectivity index (χ4n) is 2.97. The Bertz CT molecular complexity index is 650. The fourth-order valence-corrected chi connectivity index (χ4v) is 4.41. The third kappa shape index (κ3) is 4.03. The highest BCUT2D eigenvalue weighted by Crippen LogP contribution is 2.25. The first-order valence-electron chi connectivity index (χ1n) is 7.76. The number of oxazole rings is 1. The predicted molar refractivity (Wildman–Crippen MR) is 85.2 cm³/mol. The van der Waals surface area contributed by atoms with Gasteiger partial charge in [-0.2, -0.15) is 0 Å². The van der Waals surface area contributed by atoms with Crippen LogP contribution < -0.4 is 0 Å². The Morgan fingerprint density at radius 1 is 1.27 bits per heavy atom. The van der Waals surface area contributed by atoms with Gasteiger partial charge in [-0.15, -0.1) is 0 Å². The zero-order valence-corrected chi connectivity index (χ0v) is 13.3. The lowest BCUT2D eigenvalue weighted by molar-refractivity contribution is 0.388. The van der Waals surface area contributed by atoms with E-state index in [2.05, 4.69) is 4.98 Å². The van der Waals surface area contributed by atoms with Crippen LogP contribution in [0.15, 0.2) is 34.9 Å². The SMILES string of the molecule is O=[S@](Cc1coc(-c2cccc(F)c2)n1)CC1CCCCC1. The second kappa shape index (κ2) is 7.18. The summed E-state index contributed by atoms with van der Waals surface area (Å²) in [5.41, 5.74) is 1.28. The standard InChI is InChI=1S/C17H20FNO2S/c18-15-8-4-7-14(9-15)17-19-16(10-21-17)12-22(20)11-13-5-2-1-3-6-13/h4,7-10,13H,1-3,5-6,11-12H2/t22-/m0/s1. The normalized spacial score (nSPS) is 17.5. The molecule has 1 aromatic carbocycles. The molecule has 1 aliphatic rings.